The molecule has 0 saturated carbocycles. The summed E-state index contributed by atoms with van der Waals surface area (Å²) in [6, 6.07) is 12.2. The molecule has 1 saturated heterocycles. The number of amides is 3. The van der Waals surface area contributed by atoms with Crippen molar-refractivity contribution in [2.24, 2.45) is 0 Å². The van der Waals surface area contributed by atoms with Crippen molar-refractivity contribution in [2.75, 3.05) is 13.1 Å². The van der Waals surface area contributed by atoms with E-state index < -0.39 is 24.1 Å². The summed E-state index contributed by atoms with van der Waals surface area (Å²) in [4.78, 5) is 25.2. The molecular weight excluding hydrogens is 354 g/mol. The number of carbonyl (C=O) groups excluding carboxylic acids is 1. The first-order valence-corrected chi connectivity index (χ1v) is 8.67. The van der Waals surface area contributed by atoms with Gasteiger partial charge in [0.1, 0.15) is 6.04 Å². The minimum atomic E-state index is -3.52. The van der Waals surface area contributed by atoms with Gasteiger partial charge in [0.15, 0.2) is 0 Å². The minimum absolute atomic E-state index is 0.226. The second-order valence-electron chi connectivity index (χ2n) is 6.52. The van der Waals surface area contributed by atoms with Crippen molar-refractivity contribution >= 4 is 12.1 Å². The molecule has 3 amide bonds. The molecule has 3 rings (SSSR count). The standard InChI is InChI=1S/C20H20F2N2O3/c1-14(24(19(26)27)18(25)23-12-5-13-23)20(21,22)17-10-8-16(9-11-17)15-6-3-2-4-7-15/h2-4,6-11,14H,5,12-13H2,1H3,(H,26,27). The first-order valence-electron chi connectivity index (χ1n) is 8.67. The van der Waals surface area contributed by atoms with Crippen molar-refractivity contribution in [3.63, 3.8) is 0 Å². The highest BCUT2D eigenvalue weighted by atomic mass is 19.3. The topological polar surface area (TPSA) is 60.9 Å². The summed E-state index contributed by atoms with van der Waals surface area (Å²) >= 11 is 0. The van der Waals surface area contributed by atoms with Gasteiger partial charge in [0.2, 0.25) is 0 Å². The maximum absolute atomic E-state index is 15.0. The molecule has 2 aromatic rings. The highest BCUT2D eigenvalue weighted by molar-refractivity contribution is 5.91. The van der Waals surface area contributed by atoms with E-state index in [0.717, 1.165) is 24.5 Å². The number of hydrogen-bond acceptors (Lipinski definition) is 2. The molecule has 2 aromatic carbocycles. The van der Waals surface area contributed by atoms with E-state index in [1.165, 1.54) is 17.0 Å². The molecule has 0 spiro atoms. The molecular formula is C20H20F2N2O3. The zero-order valence-electron chi connectivity index (χ0n) is 14.8. The van der Waals surface area contributed by atoms with Crippen molar-refractivity contribution in [1.29, 1.82) is 0 Å². The second-order valence-corrected chi connectivity index (χ2v) is 6.52. The van der Waals surface area contributed by atoms with Gasteiger partial charge in [0.25, 0.3) is 5.92 Å². The molecule has 1 heterocycles. The smallest absolute Gasteiger partial charge is 0.415 e. The molecule has 1 aliphatic heterocycles. The molecule has 5 nitrogen and oxygen atoms in total. The third-order valence-electron chi connectivity index (χ3n) is 4.83. The van der Waals surface area contributed by atoms with Crippen LogP contribution < -0.4 is 0 Å². The maximum Gasteiger partial charge on any atom is 0.415 e. The molecule has 1 atom stereocenters. The Morgan fingerprint density at radius 3 is 2.07 bits per heavy atom. The fraction of sp³-hybridized carbons (Fsp3) is 0.300. The van der Waals surface area contributed by atoms with E-state index in [-0.39, 0.29) is 10.5 Å². The molecule has 142 valence electrons. The number of rotatable bonds is 4. The van der Waals surface area contributed by atoms with E-state index in [4.69, 9.17) is 0 Å². The van der Waals surface area contributed by atoms with Gasteiger partial charge in [0, 0.05) is 18.7 Å². The van der Waals surface area contributed by atoms with Crippen LogP contribution in [0.25, 0.3) is 11.1 Å². The molecule has 0 aromatic heterocycles. The van der Waals surface area contributed by atoms with Crippen LogP contribution in [0.3, 0.4) is 0 Å². The van der Waals surface area contributed by atoms with E-state index in [1.807, 2.05) is 30.3 Å². The maximum atomic E-state index is 15.0. The summed E-state index contributed by atoms with van der Waals surface area (Å²) in [7, 11) is 0. The van der Waals surface area contributed by atoms with Crippen molar-refractivity contribution in [3.8, 4) is 11.1 Å². The summed E-state index contributed by atoms with van der Waals surface area (Å²) < 4.78 is 29.9. The fourth-order valence-corrected chi connectivity index (χ4v) is 2.99. The van der Waals surface area contributed by atoms with Crippen LogP contribution in [0.4, 0.5) is 18.4 Å². The average molecular weight is 374 g/mol. The van der Waals surface area contributed by atoms with Gasteiger partial charge in [-0.2, -0.15) is 8.78 Å². The van der Waals surface area contributed by atoms with Gasteiger partial charge >= 0.3 is 12.1 Å². The molecule has 1 N–H and O–H groups in total. The Kier molecular flexibility index (Phi) is 5.12. The Bertz CT molecular complexity index is 821. The van der Waals surface area contributed by atoms with Gasteiger partial charge in [-0.3, -0.25) is 0 Å². The van der Waals surface area contributed by atoms with Gasteiger partial charge in [-0.15, -0.1) is 0 Å². The molecule has 1 unspecified atom stereocenters. The van der Waals surface area contributed by atoms with Crippen LogP contribution in [0.5, 0.6) is 0 Å². The first kappa shape index (κ1) is 18.8. The van der Waals surface area contributed by atoms with Gasteiger partial charge in [-0.1, -0.05) is 54.6 Å². The third kappa shape index (κ3) is 3.63. The summed E-state index contributed by atoms with van der Waals surface area (Å²) in [5.41, 5.74) is 1.33. The molecule has 0 bridgehead atoms. The van der Waals surface area contributed by atoms with Crippen molar-refractivity contribution in [2.45, 2.75) is 25.3 Å². The zero-order chi connectivity index (χ0) is 19.6. The third-order valence-corrected chi connectivity index (χ3v) is 4.83. The highest BCUT2D eigenvalue weighted by Gasteiger charge is 2.47. The predicted octanol–water partition coefficient (Wildman–Crippen LogP) is 4.64. The van der Waals surface area contributed by atoms with Gasteiger partial charge in [-0.05, 0) is 24.5 Å². The number of halogens is 2. The lowest BCUT2D eigenvalue weighted by molar-refractivity contribution is -0.0680. The van der Waals surface area contributed by atoms with Crippen LogP contribution in [0, 0.1) is 0 Å². The molecule has 0 aliphatic carbocycles. The van der Waals surface area contributed by atoms with Crippen LogP contribution in [0.2, 0.25) is 0 Å². The summed E-state index contributed by atoms with van der Waals surface area (Å²) in [6.07, 6.45) is -0.940. The Labute approximate surface area is 155 Å². The van der Waals surface area contributed by atoms with Gasteiger partial charge < -0.3 is 10.0 Å². The Morgan fingerprint density at radius 2 is 1.59 bits per heavy atom. The van der Waals surface area contributed by atoms with Crippen LogP contribution >= 0.6 is 0 Å². The van der Waals surface area contributed by atoms with Crippen molar-refractivity contribution in [3.05, 3.63) is 60.2 Å². The number of carbonyl (C=O) groups is 2. The predicted molar refractivity (Wildman–Crippen MR) is 96.7 cm³/mol. The van der Waals surface area contributed by atoms with Crippen LogP contribution in [0.15, 0.2) is 54.6 Å². The quantitative estimate of drug-likeness (QED) is 0.848. The van der Waals surface area contributed by atoms with E-state index in [9.17, 15) is 23.5 Å². The average Bonchev–Trinajstić information content (AvgIpc) is 2.61. The second kappa shape index (κ2) is 7.34. The summed E-state index contributed by atoms with van der Waals surface area (Å²) in [5.74, 6) is -3.52. The molecule has 27 heavy (non-hydrogen) atoms. The van der Waals surface area contributed by atoms with Crippen LogP contribution in [-0.2, 0) is 5.92 Å². The normalized spacial score (nSPS) is 15.0. The highest BCUT2D eigenvalue weighted by Crippen LogP contribution is 2.36. The largest absolute Gasteiger partial charge is 0.465 e. The van der Waals surface area contributed by atoms with E-state index in [0.29, 0.717) is 13.1 Å². The number of likely N-dealkylation sites (tertiary alicyclic amines) is 1. The monoisotopic (exact) mass is 374 g/mol. The lowest BCUT2D eigenvalue weighted by Gasteiger charge is -2.38. The number of urea groups is 1. The van der Waals surface area contributed by atoms with E-state index in [1.54, 1.807) is 12.1 Å². The number of imide groups is 1. The first-order chi connectivity index (χ1) is 12.8. The van der Waals surface area contributed by atoms with Gasteiger partial charge in [0.05, 0.1) is 0 Å². The molecule has 0 radical (unpaired) electrons. The van der Waals surface area contributed by atoms with Crippen LogP contribution in [0.1, 0.15) is 18.9 Å². The summed E-state index contributed by atoms with van der Waals surface area (Å²) in [6.45, 7) is 1.82. The number of alkyl halides is 2. The van der Waals surface area contributed by atoms with Crippen molar-refractivity contribution in [1.82, 2.24) is 9.80 Å². The number of hydrogen-bond donors (Lipinski definition) is 1. The van der Waals surface area contributed by atoms with E-state index >= 15 is 0 Å². The van der Waals surface area contributed by atoms with E-state index in [2.05, 4.69) is 0 Å². The minimum Gasteiger partial charge on any atom is -0.465 e. The number of carboxylic acid groups (broad SMARTS) is 1. The lowest BCUT2D eigenvalue weighted by atomic mass is 9.97. The molecule has 1 aliphatic rings. The summed E-state index contributed by atoms with van der Waals surface area (Å²) in [5, 5.41) is 9.33. The molecule has 1 fully saturated rings. The Morgan fingerprint density at radius 1 is 1.04 bits per heavy atom. The Balaban J connectivity index is 1.85. The fourth-order valence-electron chi connectivity index (χ4n) is 2.99. The van der Waals surface area contributed by atoms with Crippen LogP contribution in [-0.4, -0.2) is 46.2 Å². The molecule has 7 heteroatoms. The zero-order valence-corrected chi connectivity index (χ0v) is 14.8. The van der Waals surface area contributed by atoms with Crippen molar-refractivity contribution < 1.29 is 23.5 Å². The SMILES string of the molecule is CC(N(C(=O)O)C(=O)N1CCC1)C(F)(F)c1ccc(-c2ccccc2)cc1. The lowest BCUT2D eigenvalue weighted by Crippen LogP contribution is -2.57. The number of benzene rings is 2. The van der Waals surface area contributed by atoms with Gasteiger partial charge in [-0.25, -0.2) is 14.5 Å². The Hall–Kier alpha value is -2.96. The number of nitrogens with zero attached hydrogens (tertiary/aromatic N) is 2.